The summed E-state index contributed by atoms with van der Waals surface area (Å²) in [7, 11) is 0. The Labute approximate surface area is 149 Å². The third-order valence-electron chi connectivity index (χ3n) is 4.09. The SMILES string of the molecule is CCCCCNC(=O)c1cccc(C(=O)Nc2cc(C)ccc2C)c1. The number of benzene rings is 2. The largest absolute Gasteiger partial charge is 0.352 e. The van der Waals surface area contributed by atoms with E-state index < -0.39 is 0 Å². The number of carbonyl (C=O) groups excluding carboxylic acids is 2. The molecular weight excluding hydrogens is 312 g/mol. The second-order valence-corrected chi connectivity index (χ2v) is 6.32. The Balaban J connectivity index is 2.05. The van der Waals surface area contributed by atoms with Gasteiger partial charge in [-0.25, -0.2) is 0 Å². The highest BCUT2D eigenvalue weighted by Gasteiger charge is 2.11. The van der Waals surface area contributed by atoms with E-state index in [1.165, 1.54) is 0 Å². The van der Waals surface area contributed by atoms with Crippen LogP contribution in [0, 0.1) is 13.8 Å². The predicted molar refractivity (Wildman–Crippen MR) is 102 cm³/mol. The molecule has 0 unspecified atom stereocenters. The lowest BCUT2D eigenvalue weighted by atomic mass is 10.1. The number of amides is 2. The van der Waals surface area contributed by atoms with E-state index in [2.05, 4.69) is 17.6 Å². The zero-order valence-electron chi connectivity index (χ0n) is 15.2. The van der Waals surface area contributed by atoms with E-state index in [-0.39, 0.29) is 11.8 Å². The van der Waals surface area contributed by atoms with Gasteiger partial charge in [0.15, 0.2) is 0 Å². The van der Waals surface area contributed by atoms with Crippen molar-refractivity contribution < 1.29 is 9.59 Å². The number of hydrogen-bond donors (Lipinski definition) is 2. The van der Waals surface area contributed by atoms with Crippen molar-refractivity contribution in [3.05, 3.63) is 64.7 Å². The Bertz CT molecular complexity index is 753. The highest BCUT2D eigenvalue weighted by atomic mass is 16.2. The average molecular weight is 338 g/mol. The van der Waals surface area contributed by atoms with Gasteiger partial charge in [0.05, 0.1) is 0 Å². The van der Waals surface area contributed by atoms with Crippen LogP contribution in [0.4, 0.5) is 5.69 Å². The first-order valence-corrected chi connectivity index (χ1v) is 8.78. The summed E-state index contributed by atoms with van der Waals surface area (Å²) >= 11 is 0. The van der Waals surface area contributed by atoms with Crippen molar-refractivity contribution in [3.63, 3.8) is 0 Å². The first-order chi connectivity index (χ1) is 12.0. The van der Waals surface area contributed by atoms with Gasteiger partial charge in [-0.15, -0.1) is 0 Å². The van der Waals surface area contributed by atoms with Gasteiger partial charge in [-0.05, 0) is 55.7 Å². The standard InChI is InChI=1S/C21H26N2O2/c1-4-5-6-12-22-20(24)17-8-7-9-18(14-17)21(25)23-19-13-15(2)10-11-16(19)3/h7-11,13-14H,4-6,12H2,1-3H3,(H,22,24)(H,23,25). The molecule has 2 amide bonds. The Hall–Kier alpha value is -2.62. The van der Waals surface area contributed by atoms with Crippen molar-refractivity contribution in [3.8, 4) is 0 Å². The van der Waals surface area contributed by atoms with Gasteiger partial charge >= 0.3 is 0 Å². The van der Waals surface area contributed by atoms with E-state index >= 15 is 0 Å². The molecule has 0 saturated carbocycles. The molecular formula is C21H26N2O2. The van der Waals surface area contributed by atoms with Crippen molar-refractivity contribution in [1.29, 1.82) is 0 Å². The lowest BCUT2D eigenvalue weighted by molar-refractivity contribution is 0.0953. The first-order valence-electron chi connectivity index (χ1n) is 8.78. The fraction of sp³-hybridized carbons (Fsp3) is 0.333. The molecule has 0 heterocycles. The van der Waals surface area contributed by atoms with Gasteiger partial charge in [0, 0.05) is 23.4 Å². The number of anilines is 1. The molecule has 0 spiro atoms. The minimum absolute atomic E-state index is 0.141. The van der Waals surface area contributed by atoms with Crippen LogP contribution in [-0.2, 0) is 0 Å². The monoisotopic (exact) mass is 338 g/mol. The van der Waals surface area contributed by atoms with Crippen LogP contribution in [0.2, 0.25) is 0 Å². The fourth-order valence-electron chi connectivity index (χ4n) is 2.55. The molecule has 2 aromatic rings. The number of unbranched alkanes of at least 4 members (excludes halogenated alkanes) is 2. The van der Waals surface area contributed by atoms with Gasteiger partial charge in [-0.2, -0.15) is 0 Å². The quantitative estimate of drug-likeness (QED) is 0.732. The number of carbonyl (C=O) groups is 2. The fourth-order valence-corrected chi connectivity index (χ4v) is 2.55. The molecule has 2 N–H and O–H groups in total. The molecule has 132 valence electrons. The highest BCUT2D eigenvalue weighted by molar-refractivity contribution is 6.06. The normalized spacial score (nSPS) is 10.4. The maximum absolute atomic E-state index is 12.5. The zero-order chi connectivity index (χ0) is 18.2. The second-order valence-electron chi connectivity index (χ2n) is 6.32. The van der Waals surface area contributed by atoms with E-state index in [4.69, 9.17) is 0 Å². The highest BCUT2D eigenvalue weighted by Crippen LogP contribution is 2.17. The molecule has 0 aliphatic heterocycles. The lowest BCUT2D eigenvalue weighted by Gasteiger charge is -2.10. The third-order valence-corrected chi connectivity index (χ3v) is 4.09. The lowest BCUT2D eigenvalue weighted by Crippen LogP contribution is -2.24. The Morgan fingerprint density at radius 1 is 0.920 bits per heavy atom. The van der Waals surface area contributed by atoms with Crippen LogP contribution in [-0.4, -0.2) is 18.4 Å². The van der Waals surface area contributed by atoms with Crippen LogP contribution in [0.25, 0.3) is 0 Å². The van der Waals surface area contributed by atoms with Crippen molar-refractivity contribution in [2.45, 2.75) is 40.0 Å². The van der Waals surface area contributed by atoms with Crippen LogP contribution < -0.4 is 10.6 Å². The summed E-state index contributed by atoms with van der Waals surface area (Å²) in [5.74, 6) is -0.355. The number of rotatable bonds is 7. The molecule has 0 aliphatic rings. The molecule has 0 fully saturated rings. The van der Waals surface area contributed by atoms with Crippen molar-refractivity contribution in [2.75, 3.05) is 11.9 Å². The molecule has 0 aliphatic carbocycles. The van der Waals surface area contributed by atoms with Gasteiger partial charge in [0.25, 0.3) is 11.8 Å². The molecule has 4 nitrogen and oxygen atoms in total. The van der Waals surface area contributed by atoms with Crippen molar-refractivity contribution >= 4 is 17.5 Å². The third kappa shape index (κ3) is 5.45. The molecule has 0 aromatic heterocycles. The summed E-state index contributed by atoms with van der Waals surface area (Å²) < 4.78 is 0. The molecule has 25 heavy (non-hydrogen) atoms. The first kappa shape index (κ1) is 18.7. The van der Waals surface area contributed by atoms with E-state index in [0.29, 0.717) is 17.7 Å². The minimum Gasteiger partial charge on any atom is -0.352 e. The molecule has 0 bridgehead atoms. The Morgan fingerprint density at radius 3 is 2.36 bits per heavy atom. The van der Waals surface area contributed by atoms with Crippen LogP contribution >= 0.6 is 0 Å². The van der Waals surface area contributed by atoms with E-state index in [1.54, 1.807) is 24.3 Å². The molecule has 2 rings (SSSR count). The average Bonchev–Trinajstić information content (AvgIpc) is 2.61. The maximum atomic E-state index is 12.5. The summed E-state index contributed by atoms with van der Waals surface area (Å²) in [6, 6.07) is 12.7. The van der Waals surface area contributed by atoms with Crippen molar-refractivity contribution in [1.82, 2.24) is 5.32 Å². The van der Waals surface area contributed by atoms with Gasteiger partial charge in [-0.1, -0.05) is 38.0 Å². The van der Waals surface area contributed by atoms with Crippen LogP contribution in [0.1, 0.15) is 58.0 Å². The summed E-state index contributed by atoms with van der Waals surface area (Å²) in [5, 5.41) is 5.82. The zero-order valence-corrected chi connectivity index (χ0v) is 15.2. The summed E-state index contributed by atoms with van der Waals surface area (Å²) in [6.07, 6.45) is 3.18. The molecule has 2 aromatic carbocycles. The number of aryl methyl sites for hydroxylation is 2. The maximum Gasteiger partial charge on any atom is 0.255 e. The molecule has 0 atom stereocenters. The summed E-state index contributed by atoms with van der Waals surface area (Å²) in [4.78, 5) is 24.7. The van der Waals surface area contributed by atoms with Gasteiger partial charge < -0.3 is 10.6 Å². The molecule has 0 saturated heterocycles. The van der Waals surface area contributed by atoms with Crippen LogP contribution in [0.5, 0.6) is 0 Å². The van der Waals surface area contributed by atoms with Crippen molar-refractivity contribution in [2.24, 2.45) is 0 Å². The van der Waals surface area contributed by atoms with E-state index in [0.717, 1.165) is 36.1 Å². The topological polar surface area (TPSA) is 58.2 Å². The Morgan fingerprint density at radius 2 is 1.64 bits per heavy atom. The van der Waals surface area contributed by atoms with Crippen LogP contribution in [0.3, 0.4) is 0 Å². The van der Waals surface area contributed by atoms with E-state index in [1.807, 2.05) is 32.0 Å². The molecule has 4 heteroatoms. The number of nitrogens with one attached hydrogen (secondary N) is 2. The summed E-state index contributed by atoms with van der Waals surface area (Å²) in [6.45, 7) is 6.72. The minimum atomic E-state index is -0.214. The van der Waals surface area contributed by atoms with E-state index in [9.17, 15) is 9.59 Å². The molecule has 0 radical (unpaired) electrons. The number of hydrogen-bond acceptors (Lipinski definition) is 2. The second kappa shape index (κ2) is 9.02. The van der Waals surface area contributed by atoms with Gasteiger partial charge in [-0.3, -0.25) is 9.59 Å². The smallest absolute Gasteiger partial charge is 0.255 e. The summed E-state index contributed by atoms with van der Waals surface area (Å²) in [5.41, 5.74) is 3.86. The Kier molecular flexibility index (Phi) is 6.75. The van der Waals surface area contributed by atoms with Gasteiger partial charge in [0.2, 0.25) is 0 Å². The van der Waals surface area contributed by atoms with Gasteiger partial charge in [0.1, 0.15) is 0 Å². The predicted octanol–water partition coefficient (Wildman–Crippen LogP) is 4.48. The van der Waals surface area contributed by atoms with Crippen LogP contribution in [0.15, 0.2) is 42.5 Å².